The molecule has 0 saturated heterocycles. The van der Waals surface area contributed by atoms with Crippen molar-refractivity contribution in [2.75, 3.05) is 19.8 Å². The largest absolute Gasteiger partial charge is 0.465 e. The number of hydrogen-bond acceptors (Lipinski definition) is 3. The van der Waals surface area contributed by atoms with Crippen LogP contribution in [0.25, 0.3) is 0 Å². The van der Waals surface area contributed by atoms with E-state index in [4.69, 9.17) is 9.47 Å². The SMILES string of the molecule is CCOCC(C(=O)OCC(C)C)C(C)C. The number of carbonyl (C=O) groups excluding carboxylic acids is 1. The Balaban J connectivity index is 4.05. The molecular formula is C12H24O3. The maximum Gasteiger partial charge on any atom is 0.311 e. The first-order valence-corrected chi connectivity index (χ1v) is 5.73. The summed E-state index contributed by atoms with van der Waals surface area (Å²) in [6, 6.07) is 0. The van der Waals surface area contributed by atoms with Crippen LogP contribution in [0.4, 0.5) is 0 Å². The Morgan fingerprint density at radius 3 is 2.13 bits per heavy atom. The van der Waals surface area contributed by atoms with Gasteiger partial charge in [0.2, 0.25) is 0 Å². The van der Waals surface area contributed by atoms with Crippen LogP contribution < -0.4 is 0 Å². The van der Waals surface area contributed by atoms with Crippen LogP contribution in [0.2, 0.25) is 0 Å². The summed E-state index contributed by atoms with van der Waals surface area (Å²) in [4.78, 5) is 11.7. The summed E-state index contributed by atoms with van der Waals surface area (Å²) in [7, 11) is 0. The van der Waals surface area contributed by atoms with Gasteiger partial charge in [0.25, 0.3) is 0 Å². The van der Waals surface area contributed by atoms with Gasteiger partial charge in [-0.3, -0.25) is 4.79 Å². The molecule has 0 fully saturated rings. The molecule has 0 aromatic heterocycles. The first-order valence-electron chi connectivity index (χ1n) is 5.73. The second-order valence-corrected chi connectivity index (χ2v) is 4.53. The second-order valence-electron chi connectivity index (χ2n) is 4.53. The fourth-order valence-electron chi connectivity index (χ4n) is 1.13. The highest BCUT2D eigenvalue weighted by atomic mass is 16.5. The van der Waals surface area contributed by atoms with Gasteiger partial charge in [-0.15, -0.1) is 0 Å². The van der Waals surface area contributed by atoms with E-state index < -0.39 is 0 Å². The monoisotopic (exact) mass is 216 g/mol. The van der Waals surface area contributed by atoms with Crippen LogP contribution in [0.1, 0.15) is 34.6 Å². The summed E-state index contributed by atoms with van der Waals surface area (Å²) in [5.41, 5.74) is 0. The molecular weight excluding hydrogens is 192 g/mol. The van der Waals surface area contributed by atoms with Gasteiger partial charge in [-0.2, -0.15) is 0 Å². The highest BCUT2D eigenvalue weighted by molar-refractivity contribution is 5.72. The fourth-order valence-corrected chi connectivity index (χ4v) is 1.13. The third-order valence-electron chi connectivity index (χ3n) is 2.17. The molecule has 0 spiro atoms. The first kappa shape index (κ1) is 14.4. The average Bonchev–Trinajstić information content (AvgIpc) is 2.14. The third-order valence-corrected chi connectivity index (χ3v) is 2.17. The Morgan fingerprint density at radius 1 is 1.13 bits per heavy atom. The molecule has 0 amide bonds. The first-order chi connectivity index (χ1) is 6.99. The van der Waals surface area contributed by atoms with Crippen molar-refractivity contribution in [3.05, 3.63) is 0 Å². The molecule has 3 heteroatoms. The molecule has 0 heterocycles. The molecule has 90 valence electrons. The zero-order valence-corrected chi connectivity index (χ0v) is 10.6. The topological polar surface area (TPSA) is 35.5 Å². The van der Waals surface area contributed by atoms with Gasteiger partial charge >= 0.3 is 5.97 Å². The lowest BCUT2D eigenvalue weighted by Gasteiger charge is -2.19. The molecule has 0 aliphatic heterocycles. The van der Waals surface area contributed by atoms with Crippen LogP contribution >= 0.6 is 0 Å². The molecule has 0 radical (unpaired) electrons. The Labute approximate surface area is 93.1 Å². The number of ether oxygens (including phenoxy) is 2. The molecule has 3 nitrogen and oxygen atoms in total. The Morgan fingerprint density at radius 2 is 1.73 bits per heavy atom. The van der Waals surface area contributed by atoms with Crippen molar-refractivity contribution in [3.8, 4) is 0 Å². The van der Waals surface area contributed by atoms with E-state index in [2.05, 4.69) is 0 Å². The van der Waals surface area contributed by atoms with E-state index >= 15 is 0 Å². The molecule has 0 aromatic rings. The van der Waals surface area contributed by atoms with E-state index in [9.17, 15) is 4.79 Å². The van der Waals surface area contributed by atoms with Gasteiger partial charge in [0.15, 0.2) is 0 Å². The smallest absolute Gasteiger partial charge is 0.311 e. The van der Waals surface area contributed by atoms with Crippen LogP contribution in [0.15, 0.2) is 0 Å². The summed E-state index contributed by atoms with van der Waals surface area (Å²) in [5.74, 6) is 0.376. The minimum absolute atomic E-state index is 0.132. The Kier molecular flexibility index (Phi) is 7.39. The number of hydrogen-bond donors (Lipinski definition) is 0. The minimum Gasteiger partial charge on any atom is -0.465 e. The molecule has 0 aliphatic rings. The highest BCUT2D eigenvalue weighted by Crippen LogP contribution is 2.14. The van der Waals surface area contributed by atoms with Crippen LogP contribution in [-0.4, -0.2) is 25.8 Å². The average molecular weight is 216 g/mol. The highest BCUT2D eigenvalue weighted by Gasteiger charge is 2.23. The molecule has 1 atom stereocenters. The summed E-state index contributed by atoms with van der Waals surface area (Å²) >= 11 is 0. The Hall–Kier alpha value is -0.570. The van der Waals surface area contributed by atoms with Crippen molar-refractivity contribution in [2.45, 2.75) is 34.6 Å². The number of esters is 1. The van der Waals surface area contributed by atoms with Gasteiger partial charge in [0, 0.05) is 6.61 Å². The zero-order valence-electron chi connectivity index (χ0n) is 10.6. The van der Waals surface area contributed by atoms with E-state index in [0.29, 0.717) is 25.7 Å². The fraction of sp³-hybridized carbons (Fsp3) is 0.917. The molecule has 15 heavy (non-hydrogen) atoms. The molecule has 0 N–H and O–H groups in total. The predicted molar refractivity (Wildman–Crippen MR) is 60.6 cm³/mol. The van der Waals surface area contributed by atoms with Gasteiger partial charge < -0.3 is 9.47 Å². The molecule has 0 aromatic carbocycles. The lowest BCUT2D eigenvalue weighted by molar-refractivity contribution is -0.153. The van der Waals surface area contributed by atoms with E-state index in [1.54, 1.807) is 0 Å². The number of carbonyl (C=O) groups is 1. The van der Waals surface area contributed by atoms with Crippen LogP contribution in [0.5, 0.6) is 0 Å². The van der Waals surface area contributed by atoms with Crippen molar-refractivity contribution in [1.82, 2.24) is 0 Å². The van der Waals surface area contributed by atoms with Crippen molar-refractivity contribution in [2.24, 2.45) is 17.8 Å². The predicted octanol–water partition coefficient (Wildman–Crippen LogP) is 2.49. The van der Waals surface area contributed by atoms with E-state index in [1.807, 2.05) is 34.6 Å². The maximum absolute atomic E-state index is 11.7. The molecule has 0 aliphatic carbocycles. The molecule has 0 rings (SSSR count). The standard InChI is InChI=1S/C12H24O3/c1-6-14-8-11(10(4)5)12(13)15-7-9(2)3/h9-11H,6-8H2,1-5H3. The normalized spacial score (nSPS) is 13.3. The minimum atomic E-state index is -0.135. The van der Waals surface area contributed by atoms with Crippen molar-refractivity contribution >= 4 is 5.97 Å². The third kappa shape index (κ3) is 6.50. The van der Waals surface area contributed by atoms with Gasteiger partial charge in [0.05, 0.1) is 19.1 Å². The molecule has 0 bridgehead atoms. The van der Waals surface area contributed by atoms with Crippen LogP contribution in [0.3, 0.4) is 0 Å². The van der Waals surface area contributed by atoms with Crippen molar-refractivity contribution < 1.29 is 14.3 Å². The Bertz CT molecular complexity index is 176. The van der Waals surface area contributed by atoms with Gasteiger partial charge in [-0.1, -0.05) is 27.7 Å². The summed E-state index contributed by atoms with van der Waals surface area (Å²) in [6.45, 7) is 11.6. The van der Waals surface area contributed by atoms with Crippen LogP contribution in [-0.2, 0) is 14.3 Å². The van der Waals surface area contributed by atoms with Crippen molar-refractivity contribution in [1.29, 1.82) is 0 Å². The van der Waals surface area contributed by atoms with E-state index in [1.165, 1.54) is 0 Å². The van der Waals surface area contributed by atoms with Gasteiger partial charge in [-0.05, 0) is 18.8 Å². The summed E-state index contributed by atoms with van der Waals surface area (Å²) < 4.78 is 10.5. The quantitative estimate of drug-likeness (QED) is 0.613. The lowest BCUT2D eigenvalue weighted by atomic mass is 9.97. The van der Waals surface area contributed by atoms with Crippen LogP contribution in [0, 0.1) is 17.8 Å². The number of rotatable bonds is 7. The van der Waals surface area contributed by atoms with Crippen molar-refractivity contribution in [3.63, 3.8) is 0 Å². The zero-order chi connectivity index (χ0) is 11.8. The van der Waals surface area contributed by atoms with Gasteiger partial charge in [0.1, 0.15) is 0 Å². The van der Waals surface area contributed by atoms with Gasteiger partial charge in [-0.25, -0.2) is 0 Å². The maximum atomic E-state index is 11.7. The lowest BCUT2D eigenvalue weighted by Crippen LogP contribution is -2.28. The molecule has 0 saturated carbocycles. The van der Waals surface area contributed by atoms with E-state index in [-0.39, 0.29) is 17.8 Å². The summed E-state index contributed by atoms with van der Waals surface area (Å²) in [5, 5.41) is 0. The van der Waals surface area contributed by atoms with E-state index in [0.717, 1.165) is 0 Å². The second kappa shape index (κ2) is 7.69. The summed E-state index contributed by atoms with van der Waals surface area (Å²) in [6.07, 6.45) is 0. The molecule has 1 unspecified atom stereocenters.